The molecule has 28 heavy (non-hydrogen) atoms. The fourth-order valence-corrected chi connectivity index (χ4v) is 4.38. The summed E-state index contributed by atoms with van der Waals surface area (Å²) in [5.41, 5.74) is 2.52. The molecule has 2 aromatic heterocycles. The number of anilines is 2. The Hall–Kier alpha value is -2.26. The van der Waals surface area contributed by atoms with Gasteiger partial charge in [0.25, 0.3) is 0 Å². The lowest BCUT2D eigenvalue weighted by Gasteiger charge is -2.28. The van der Waals surface area contributed by atoms with Crippen LogP contribution in [0.4, 0.5) is 11.5 Å². The molecule has 1 fully saturated rings. The Kier molecular flexibility index (Phi) is 5.72. The van der Waals surface area contributed by atoms with Crippen LogP contribution in [0.5, 0.6) is 0 Å². The number of methoxy groups -OCH3 is 1. The quantitative estimate of drug-likeness (QED) is 0.640. The molecule has 1 aliphatic rings. The molecule has 0 aliphatic carbocycles. The van der Waals surface area contributed by atoms with E-state index in [0.29, 0.717) is 13.2 Å². The summed E-state index contributed by atoms with van der Waals surface area (Å²) in [6.45, 7) is 2.91. The minimum absolute atomic E-state index is 0.0180. The number of aromatic nitrogens is 2. The van der Waals surface area contributed by atoms with Crippen molar-refractivity contribution in [2.24, 2.45) is 0 Å². The SMILES string of the molecule is COCC(=O)Nc1cccc(-c2cc3nc(Cl)nc(N4CCOCC4)c3s2)c1. The van der Waals surface area contributed by atoms with E-state index >= 15 is 0 Å². The van der Waals surface area contributed by atoms with E-state index in [1.54, 1.807) is 11.3 Å². The van der Waals surface area contributed by atoms with E-state index in [4.69, 9.17) is 21.1 Å². The largest absolute Gasteiger partial charge is 0.378 e. The van der Waals surface area contributed by atoms with Crippen LogP contribution in [-0.2, 0) is 14.3 Å². The number of morpholine rings is 1. The number of rotatable bonds is 5. The first kappa shape index (κ1) is 19.1. The minimum Gasteiger partial charge on any atom is -0.378 e. The third-order valence-corrected chi connectivity index (χ3v) is 5.68. The third-order valence-electron chi connectivity index (χ3n) is 4.34. The van der Waals surface area contributed by atoms with Crippen LogP contribution in [0.25, 0.3) is 20.7 Å². The van der Waals surface area contributed by atoms with Crippen LogP contribution in [0.1, 0.15) is 0 Å². The van der Waals surface area contributed by atoms with Crippen molar-refractivity contribution in [3.05, 3.63) is 35.6 Å². The fourth-order valence-electron chi connectivity index (χ4n) is 3.10. The number of carbonyl (C=O) groups is 1. The molecule has 146 valence electrons. The van der Waals surface area contributed by atoms with Crippen molar-refractivity contribution in [1.29, 1.82) is 0 Å². The number of thiophene rings is 1. The molecule has 0 spiro atoms. The Balaban J connectivity index is 1.69. The molecule has 0 bridgehead atoms. The number of nitrogens with one attached hydrogen (secondary N) is 1. The van der Waals surface area contributed by atoms with Gasteiger partial charge >= 0.3 is 0 Å². The van der Waals surface area contributed by atoms with E-state index in [2.05, 4.69) is 20.2 Å². The van der Waals surface area contributed by atoms with Gasteiger partial charge in [-0.15, -0.1) is 11.3 Å². The van der Waals surface area contributed by atoms with Crippen molar-refractivity contribution in [3.63, 3.8) is 0 Å². The normalized spacial score (nSPS) is 14.4. The number of fused-ring (bicyclic) bond motifs is 1. The van der Waals surface area contributed by atoms with E-state index in [9.17, 15) is 4.79 Å². The first-order valence-electron chi connectivity index (χ1n) is 8.83. The van der Waals surface area contributed by atoms with Gasteiger partial charge in [-0.25, -0.2) is 4.98 Å². The van der Waals surface area contributed by atoms with E-state index in [0.717, 1.165) is 45.3 Å². The smallest absolute Gasteiger partial charge is 0.250 e. The summed E-state index contributed by atoms with van der Waals surface area (Å²) >= 11 is 7.79. The number of halogens is 1. The number of hydrogen-bond acceptors (Lipinski definition) is 7. The Morgan fingerprint density at radius 3 is 2.93 bits per heavy atom. The van der Waals surface area contributed by atoms with Gasteiger partial charge in [-0.05, 0) is 35.4 Å². The molecule has 0 atom stereocenters. The number of benzene rings is 1. The standard InChI is InChI=1S/C19H19ClN4O3S/c1-26-11-16(25)21-13-4-2-3-12(9-13)15-10-14-17(28-15)18(23-19(20)22-14)24-5-7-27-8-6-24/h2-4,9-10H,5-8,11H2,1H3,(H,21,25). The zero-order chi connectivity index (χ0) is 19.5. The summed E-state index contributed by atoms with van der Waals surface area (Å²) in [4.78, 5) is 23.9. The number of ether oxygens (including phenoxy) is 2. The first-order valence-corrected chi connectivity index (χ1v) is 10.0. The van der Waals surface area contributed by atoms with Gasteiger partial charge in [0.05, 0.1) is 23.4 Å². The molecule has 1 aliphatic heterocycles. The average Bonchev–Trinajstić information content (AvgIpc) is 3.12. The van der Waals surface area contributed by atoms with Gasteiger partial charge in [0.2, 0.25) is 11.2 Å². The van der Waals surface area contributed by atoms with Crippen LogP contribution in [0, 0.1) is 0 Å². The highest BCUT2D eigenvalue weighted by Crippen LogP contribution is 2.38. The van der Waals surface area contributed by atoms with Gasteiger partial charge in [-0.1, -0.05) is 12.1 Å². The molecule has 1 N–H and O–H groups in total. The monoisotopic (exact) mass is 418 g/mol. The molecule has 1 amide bonds. The second kappa shape index (κ2) is 8.40. The van der Waals surface area contributed by atoms with Crippen molar-refractivity contribution < 1.29 is 14.3 Å². The maximum atomic E-state index is 11.8. The lowest BCUT2D eigenvalue weighted by molar-refractivity contribution is -0.119. The topological polar surface area (TPSA) is 76.6 Å². The molecule has 3 heterocycles. The van der Waals surface area contributed by atoms with E-state index in [1.165, 1.54) is 7.11 Å². The lowest BCUT2D eigenvalue weighted by Crippen LogP contribution is -2.36. The molecule has 9 heteroatoms. The summed E-state index contributed by atoms with van der Waals surface area (Å²) < 4.78 is 11.3. The summed E-state index contributed by atoms with van der Waals surface area (Å²) in [7, 11) is 1.49. The Bertz CT molecular complexity index is 1000. The predicted molar refractivity (Wildman–Crippen MR) is 111 cm³/mol. The van der Waals surface area contributed by atoms with Crippen LogP contribution in [0.15, 0.2) is 30.3 Å². The molecule has 0 radical (unpaired) electrons. The molecule has 0 unspecified atom stereocenters. The summed E-state index contributed by atoms with van der Waals surface area (Å²) in [6.07, 6.45) is 0. The lowest BCUT2D eigenvalue weighted by atomic mass is 10.1. The number of amides is 1. The van der Waals surface area contributed by atoms with E-state index < -0.39 is 0 Å². The van der Waals surface area contributed by atoms with Crippen molar-refractivity contribution >= 4 is 50.6 Å². The molecular formula is C19H19ClN4O3S. The molecule has 1 aromatic carbocycles. The Morgan fingerprint density at radius 2 is 2.14 bits per heavy atom. The van der Waals surface area contributed by atoms with Crippen LogP contribution in [0.2, 0.25) is 5.28 Å². The summed E-state index contributed by atoms with van der Waals surface area (Å²) in [6, 6.07) is 9.69. The van der Waals surface area contributed by atoms with Gasteiger partial charge in [0, 0.05) is 30.8 Å². The summed E-state index contributed by atoms with van der Waals surface area (Å²) in [5.74, 6) is 0.655. The van der Waals surface area contributed by atoms with Crippen LogP contribution < -0.4 is 10.2 Å². The molecular weight excluding hydrogens is 400 g/mol. The van der Waals surface area contributed by atoms with Crippen LogP contribution in [-0.4, -0.2) is 55.9 Å². The van der Waals surface area contributed by atoms with E-state index in [-0.39, 0.29) is 17.8 Å². The molecule has 1 saturated heterocycles. The van der Waals surface area contributed by atoms with Gasteiger partial charge in [0.15, 0.2) is 5.82 Å². The fraction of sp³-hybridized carbons (Fsp3) is 0.316. The second-order valence-electron chi connectivity index (χ2n) is 6.30. The number of nitrogens with zero attached hydrogens (tertiary/aromatic N) is 3. The van der Waals surface area contributed by atoms with Crippen molar-refractivity contribution in [2.75, 3.05) is 50.2 Å². The van der Waals surface area contributed by atoms with Gasteiger partial charge in [-0.2, -0.15) is 4.98 Å². The highest BCUT2D eigenvalue weighted by Gasteiger charge is 2.19. The maximum absolute atomic E-state index is 11.8. The van der Waals surface area contributed by atoms with Gasteiger partial charge in [-0.3, -0.25) is 4.79 Å². The van der Waals surface area contributed by atoms with Gasteiger partial charge < -0.3 is 19.7 Å². The van der Waals surface area contributed by atoms with E-state index in [1.807, 2.05) is 30.3 Å². The highest BCUT2D eigenvalue weighted by atomic mass is 35.5. The Morgan fingerprint density at radius 1 is 1.32 bits per heavy atom. The van der Waals surface area contributed by atoms with Gasteiger partial charge in [0.1, 0.15) is 6.61 Å². The molecule has 0 saturated carbocycles. The van der Waals surface area contributed by atoms with Crippen LogP contribution in [0.3, 0.4) is 0 Å². The molecule has 7 nitrogen and oxygen atoms in total. The molecule has 4 rings (SSSR count). The third kappa shape index (κ3) is 4.10. The predicted octanol–water partition coefficient (Wildman–Crippen LogP) is 3.43. The highest BCUT2D eigenvalue weighted by molar-refractivity contribution is 7.22. The van der Waals surface area contributed by atoms with Crippen molar-refractivity contribution in [2.45, 2.75) is 0 Å². The second-order valence-corrected chi connectivity index (χ2v) is 7.69. The zero-order valence-corrected chi connectivity index (χ0v) is 16.8. The van der Waals surface area contributed by atoms with Crippen LogP contribution >= 0.6 is 22.9 Å². The minimum atomic E-state index is -0.191. The average molecular weight is 419 g/mol. The van der Waals surface area contributed by atoms with Crippen molar-refractivity contribution in [1.82, 2.24) is 9.97 Å². The van der Waals surface area contributed by atoms with Crippen molar-refractivity contribution in [3.8, 4) is 10.4 Å². The first-order chi connectivity index (χ1) is 13.6. The summed E-state index contributed by atoms with van der Waals surface area (Å²) in [5, 5.41) is 3.06. The maximum Gasteiger partial charge on any atom is 0.250 e. The Labute approximate surface area is 171 Å². The number of hydrogen-bond donors (Lipinski definition) is 1. The number of carbonyl (C=O) groups excluding carboxylic acids is 1. The zero-order valence-electron chi connectivity index (χ0n) is 15.3. The molecule has 3 aromatic rings.